The van der Waals surface area contributed by atoms with E-state index in [1.165, 1.54) is 0 Å². The van der Waals surface area contributed by atoms with Crippen molar-refractivity contribution in [2.75, 3.05) is 0 Å². The Balaban J connectivity index is 2.51. The van der Waals surface area contributed by atoms with Gasteiger partial charge in [0.1, 0.15) is 0 Å². The fourth-order valence-corrected chi connectivity index (χ4v) is 1.72. The average molecular weight is 212 g/mol. The zero-order chi connectivity index (χ0) is 11.5. The molecule has 2 rings (SSSR count). The predicted molar refractivity (Wildman–Crippen MR) is 61.8 cm³/mol. The van der Waals surface area contributed by atoms with E-state index in [1.807, 2.05) is 30.3 Å². The van der Waals surface area contributed by atoms with E-state index in [0.29, 0.717) is 0 Å². The molecule has 1 N–H and O–H groups in total. The molecule has 2 aromatic rings. The molecule has 0 aliphatic carbocycles. The van der Waals surface area contributed by atoms with Gasteiger partial charge in [-0.3, -0.25) is 4.98 Å². The zero-order valence-electron chi connectivity index (χ0n) is 8.96. The summed E-state index contributed by atoms with van der Waals surface area (Å²) in [6.07, 6.45) is 0.969. The highest BCUT2D eigenvalue weighted by atomic mass is 16.3. The minimum Gasteiger partial charge on any atom is -0.392 e. The van der Waals surface area contributed by atoms with Crippen molar-refractivity contribution in [2.45, 2.75) is 18.9 Å². The molecule has 80 valence electrons. The molecule has 0 aliphatic rings. The molecule has 1 aromatic heterocycles. The molecule has 0 bridgehead atoms. The first kappa shape index (κ1) is 10.6. The summed E-state index contributed by atoms with van der Waals surface area (Å²) < 4.78 is 0. The Kier molecular flexibility index (Phi) is 2.84. The monoisotopic (exact) mass is 212 g/mol. The Bertz CT molecular complexity index is 543. The van der Waals surface area contributed by atoms with Gasteiger partial charge < -0.3 is 5.11 Å². The first-order valence-electron chi connectivity index (χ1n) is 5.15. The van der Waals surface area contributed by atoms with E-state index >= 15 is 0 Å². The summed E-state index contributed by atoms with van der Waals surface area (Å²) in [5.41, 5.74) is 1.66. The van der Waals surface area contributed by atoms with Crippen molar-refractivity contribution in [3.8, 4) is 6.07 Å². The lowest BCUT2D eigenvalue weighted by Crippen LogP contribution is -2.12. The van der Waals surface area contributed by atoms with Gasteiger partial charge in [-0.15, -0.1) is 0 Å². The van der Waals surface area contributed by atoms with Crippen LogP contribution in [0.2, 0.25) is 0 Å². The molecule has 3 nitrogen and oxygen atoms in total. The van der Waals surface area contributed by atoms with Gasteiger partial charge >= 0.3 is 0 Å². The molecule has 0 aliphatic heterocycles. The van der Waals surface area contributed by atoms with E-state index in [9.17, 15) is 5.11 Å². The Labute approximate surface area is 94.0 Å². The summed E-state index contributed by atoms with van der Waals surface area (Å²) in [6.45, 7) is 1.61. The summed E-state index contributed by atoms with van der Waals surface area (Å²) in [4.78, 5) is 4.27. The highest BCUT2D eigenvalue weighted by Gasteiger charge is 2.17. The second-order valence-corrected chi connectivity index (χ2v) is 3.81. The smallest absolute Gasteiger partial charge is 0.0984 e. The molecule has 1 aromatic carbocycles. The maximum atomic E-state index is 9.49. The van der Waals surface area contributed by atoms with Gasteiger partial charge in [-0.05, 0) is 24.6 Å². The number of para-hydroxylation sites is 1. The number of aliphatic hydroxyl groups excluding tert-OH is 1. The van der Waals surface area contributed by atoms with Crippen LogP contribution in [0.4, 0.5) is 0 Å². The highest BCUT2D eigenvalue weighted by Crippen LogP contribution is 2.21. The molecule has 0 saturated heterocycles. The van der Waals surface area contributed by atoms with Crippen LogP contribution in [-0.2, 0) is 0 Å². The van der Waals surface area contributed by atoms with Gasteiger partial charge in [0.2, 0.25) is 0 Å². The number of aliphatic hydroxyl groups is 1. The van der Waals surface area contributed by atoms with Gasteiger partial charge in [0.25, 0.3) is 0 Å². The lowest BCUT2D eigenvalue weighted by atomic mass is 9.96. The summed E-state index contributed by atoms with van der Waals surface area (Å²) in [6, 6.07) is 11.7. The SMILES string of the molecule is CC(O)C(C#N)c1cnc2ccccc2c1. The van der Waals surface area contributed by atoms with E-state index in [4.69, 9.17) is 5.26 Å². The van der Waals surface area contributed by atoms with E-state index in [1.54, 1.807) is 13.1 Å². The molecule has 3 heteroatoms. The molecule has 2 atom stereocenters. The second-order valence-electron chi connectivity index (χ2n) is 3.81. The molecule has 0 spiro atoms. The molecule has 2 unspecified atom stereocenters. The van der Waals surface area contributed by atoms with E-state index in [-0.39, 0.29) is 0 Å². The molecule has 16 heavy (non-hydrogen) atoms. The van der Waals surface area contributed by atoms with Crippen LogP contribution < -0.4 is 0 Å². The van der Waals surface area contributed by atoms with Crippen molar-refractivity contribution < 1.29 is 5.11 Å². The van der Waals surface area contributed by atoms with Gasteiger partial charge in [-0.2, -0.15) is 5.26 Å². The van der Waals surface area contributed by atoms with Crippen LogP contribution in [0.3, 0.4) is 0 Å². The maximum absolute atomic E-state index is 9.49. The predicted octanol–water partition coefficient (Wildman–Crippen LogP) is 2.22. The molecule has 0 radical (unpaired) electrons. The lowest BCUT2D eigenvalue weighted by Gasteiger charge is -2.12. The zero-order valence-corrected chi connectivity index (χ0v) is 8.96. The summed E-state index contributed by atoms with van der Waals surface area (Å²) in [5.74, 6) is -0.517. The average Bonchev–Trinajstić information content (AvgIpc) is 2.29. The summed E-state index contributed by atoms with van der Waals surface area (Å²) in [7, 11) is 0. The number of hydrogen-bond acceptors (Lipinski definition) is 3. The van der Waals surface area contributed by atoms with Crippen LogP contribution in [0.1, 0.15) is 18.4 Å². The summed E-state index contributed by atoms with van der Waals surface area (Å²) in [5, 5.41) is 19.5. The minimum absolute atomic E-state index is 0.517. The number of rotatable bonds is 2. The molecule has 0 saturated carbocycles. The number of hydrogen-bond donors (Lipinski definition) is 1. The number of fused-ring (bicyclic) bond motifs is 1. The van der Waals surface area contributed by atoms with Crippen LogP contribution in [0.25, 0.3) is 10.9 Å². The normalized spacial score (nSPS) is 14.3. The number of benzene rings is 1. The molecule has 0 amide bonds. The van der Waals surface area contributed by atoms with Crippen molar-refractivity contribution >= 4 is 10.9 Å². The quantitative estimate of drug-likeness (QED) is 0.830. The molecular weight excluding hydrogens is 200 g/mol. The molecule has 0 fully saturated rings. The Hall–Kier alpha value is -1.92. The third-order valence-electron chi connectivity index (χ3n) is 2.59. The van der Waals surface area contributed by atoms with Crippen LogP contribution in [0.15, 0.2) is 36.5 Å². The van der Waals surface area contributed by atoms with Gasteiger partial charge in [0.15, 0.2) is 0 Å². The molecular formula is C13H12N2O. The van der Waals surface area contributed by atoms with Crippen LogP contribution >= 0.6 is 0 Å². The minimum atomic E-state index is -0.687. The van der Waals surface area contributed by atoms with Crippen LogP contribution in [-0.4, -0.2) is 16.2 Å². The second kappa shape index (κ2) is 4.30. The van der Waals surface area contributed by atoms with Gasteiger partial charge in [-0.25, -0.2) is 0 Å². The van der Waals surface area contributed by atoms with Gasteiger partial charge in [0.05, 0.1) is 23.6 Å². The van der Waals surface area contributed by atoms with Crippen LogP contribution in [0.5, 0.6) is 0 Å². The third-order valence-corrected chi connectivity index (χ3v) is 2.59. The van der Waals surface area contributed by atoms with Crippen molar-refractivity contribution in [1.29, 1.82) is 5.26 Å². The standard InChI is InChI=1S/C13H12N2O/c1-9(16)12(7-14)11-6-10-4-2-3-5-13(10)15-8-11/h2-6,8-9,12,16H,1H3. The van der Waals surface area contributed by atoms with Gasteiger partial charge in [-0.1, -0.05) is 18.2 Å². The fraction of sp³-hybridized carbons (Fsp3) is 0.231. The molecule has 1 heterocycles. The van der Waals surface area contributed by atoms with E-state index in [0.717, 1.165) is 16.5 Å². The van der Waals surface area contributed by atoms with Crippen LogP contribution in [0, 0.1) is 11.3 Å². The number of nitrogens with zero attached hydrogens (tertiary/aromatic N) is 2. The number of nitriles is 1. The van der Waals surface area contributed by atoms with Crippen molar-refractivity contribution in [2.24, 2.45) is 0 Å². The first-order chi connectivity index (χ1) is 7.72. The number of aromatic nitrogens is 1. The lowest BCUT2D eigenvalue weighted by molar-refractivity contribution is 0.181. The first-order valence-corrected chi connectivity index (χ1v) is 5.15. The van der Waals surface area contributed by atoms with Crippen molar-refractivity contribution in [3.63, 3.8) is 0 Å². The van der Waals surface area contributed by atoms with Crippen molar-refractivity contribution in [1.82, 2.24) is 4.98 Å². The maximum Gasteiger partial charge on any atom is 0.0984 e. The Morgan fingerprint density at radius 3 is 2.81 bits per heavy atom. The third kappa shape index (κ3) is 1.88. The Morgan fingerprint density at radius 1 is 1.38 bits per heavy atom. The number of pyridine rings is 1. The van der Waals surface area contributed by atoms with E-state index < -0.39 is 12.0 Å². The van der Waals surface area contributed by atoms with E-state index in [2.05, 4.69) is 11.1 Å². The Morgan fingerprint density at radius 2 is 2.12 bits per heavy atom. The summed E-state index contributed by atoms with van der Waals surface area (Å²) >= 11 is 0. The van der Waals surface area contributed by atoms with Gasteiger partial charge in [0, 0.05) is 11.6 Å². The highest BCUT2D eigenvalue weighted by molar-refractivity contribution is 5.78. The topological polar surface area (TPSA) is 56.9 Å². The fourth-order valence-electron chi connectivity index (χ4n) is 1.72. The largest absolute Gasteiger partial charge is 0.392 e. The van der Waals surface area contributed by atoms with Crippen molar-refractivity contribution in [3.05, 3.63) is 42.1 Å².